The molecule has 0 unspecified atom stereocenters. The topological polar surface area (TPSA) is 78.9 Å². The summed E-state index contributed by atoms with van der Waals surface area (Å²) < 4.78 is 16.7. The highest BCUT2D eigenvalue weighted by atomic mass is 16.6. The van der Waals surface area contributed by atoms with Gasteiger partial charge >= 0.3 is 17.9 Å². The first-order valence-corrected chi connectivity index (χ1v) is 25.4. The summed E-state index contributed by atoms with van der Waals surface area (Å²) in [7, 11) is 0. The van der Waals surface area contributed by atoms with Crippen molar-refractivity contribution in [2.24, 2.45) is 0 Å². The Morgan fingerprint density at radius 3 is 1.08 bits per heavy atom. The first kappa shape index (κ1) is 57.9. The van der Waals surface area contributed by atoms with Crippen molar-refractivity contribution in [3.05, 3.63) is 72.9 Å². The molecule has 0 saturated heterocycles. The number of carbonyl (C=O) groups excluding carboxylic acids is 3. The highest BCUT2D eigenvalue weighted by Crippen LogP contribution is 2.14. The zero-order chi connectivity index (χ0) is 44.4. The lowest BCUT2D eigenvalue weighted by Crippen LogP contribution is -2.30. The maximum Gasteiger partial charge on any atom is 0.306 e. The summed E-state index contributed by atoms with van der Waals surface area (Å²) in [5.41, 5.74) is 0. The van der Waals surface area contributed by atoms with Crippen molar-refractivity contribution in [1.82, 2.24) is 0 Å². The number of carbonyl (C=O) groups is 3. The average Bonchev–Trinajstić information content (AvgIpc) is 3.26. The van der Waals surface area contributed by atoms with Crippen molar-refractivity contribution in [3.8, 4) is 0 Å². The van der Waals surface area contributed by atoms with Crippen molar-refractivity contribution in [3.63, 3.8) is 0 Å². The molecule has 0 rings (SSSR count). The Hall–Kier alpha value is -3.15. The third-order valence-corrected chi connectivity index (χ3v) is 10.7. The Morgan fingerprint density at radius 1 is 0.328 bits per heavy atom. The fourth-order valence-corrected chi connectivity index (χ4v) is 6.83. The van der Waals surface area contributed by atoms with E-state index in [1.807, 2.05) is 6.08 Å². The maximum atomic E-state index is 12.8. The van der Waals surface area contributed by atoms with Gasteiger partial charge in [-0.3, -0.25) is 14.4 Å². The molecule has 0 radical (unpaired) electrons. The number of rotatable bonds is 45. The van der Waals surface area contributed by atoms with Crippen molar-refractivity contribution >= 4 is 17.9 Å². The number of ether oxygens (including phenoxy) is 3. The molecule has 61 heavy (non-hydrogen) atoms. The number of hydrogen-bond donors (Lipinski definition) is 0. The van der Waals surface area contributed by atoms with E-state index in [4.69, 9.17) is 14.2 Å². The van der Waals surface area contributed by atoms with Gasteiger partial charge in [0.1, 0.15) is 13.2 Å². The smallest absolute Gasteiger partial charge is 0.306 e. The van der Waals surface area contributed by atoms with Gasteiger partial charge < -0.3 is 14.2 Å². The van der Waals surface area contributed by atoms with Gasteiger partial charge in [0.2, 0.25) is 0 Å². The highest BCUT2D eigenvalue weighted by Gasteiger charge is 2.19. The fraction of sp³-hybridized carbons (Fsp3) is 0.727. The van der Waals surface area contributed by atoms with Gasteiger partial charge in [-0.15, -0.1) is 0 Å². The molecule has 0 aliphatic rings. The molecule has 0 fully saturated rings. The van der Waals surface area contributed by atoms with Gasteiger partial charge in [0.05, 0.1) is 0 Å². The summed E-state index contributed by atoms with van der Waals surface area (Å²) in [6.07, 6.45) is 61.8. The van der Waals surface area contributed by atoms with Crippen LogP contribution in [0.15, 0.2) is 72.9 Å². The Bertz CT molecular complexity index is 1160. The number of esters is 3. The predicted octanol–water partition coefficient (Wildman–Crippen LogP) is 16.6. The Morgan fingerprint density at radius 2 is 0.623 bits per heavy atom. The molecular formula is C55H94O6. The third-order valence-electron chi connectivity index (χ3n) is 10.7. The molecule has 0 aromatic rings. The second-order valence-electron chi connectivity index (χ2n) is 16.7. The van der Waals surface area contributed by atoms with Crippen LogP contribution in [0.25, 0.3) is 0 Å². The molecule has 6 heteroatoms. The Kier molecular flexibility index (Phi) is 46.9. The molecular weight excluding hydrogens is 757 g/mol. The van der Waals surface area contributed by atoms with E-state index < -0.39 is 6.10 Å². The molecule has 0 saturated carbocycles. The average molecular weight is 851 g/mol. The third kappa shape index (κ3) is 47.7. The van der Waals surface area contributed by atoms with Crippen LogP contribution in [0.1, 0.15) is 239 Å². The first-order chi connectivity index (χ1) is 30.0. The minimum absolute atomic E-state index is 0.100. The van der Waals surface area contributed by atoms with Crippen LogP contribution in [-0.4, -0.2) is 37.2 Å². The van der Waals surface area contributed by atoms with Crippen LogP contribution >= 0.6 is 0 Å². The molecule has 0 spiro atoms. The molecule has 0 N–H and O–H groups in total. The van der Waals surface area contributed by atoms with E-state index in [9.17, 15) is 14.4 Å². The van der Waals surface area contributed by atoms with E-state index in [-0.39, 0.29) is 37.5 Å². The van der Waals surface area contributed by atoms with E-state index in [0.717, 1.165) is 77.0 Å². The lowest BCUT2D eigenvalue weighted by atomic mass is 10.1. The van der Waals surface area contributed by atoms with Crippen LogP contribution in [0.4, 0.5) is 0 Å². The second-order valence-corrected chi connectivity index (χ2v) is 16.7. The van der Waals surface area contributed by atoms with Gasteiger partial charge in [-0.2, -0.15) is 0 Å². The zero-order valence-electron chi connectivity index (χ0n) is 39.9. The van der Waals surface area contributed by atoms with E-state index >= 15 is 0 Å². The molecule has 0 aromatic carbocycles. The van der Waals surface area contributed by atoms with Crippen LogP contribution in [0, 0.1) is 0 Å². The molecule has 0 aliphatic heterocycles. The highest BCUT2D eigenvalue weighted by molar-refractivity contribution is 5.71. The SMILES string of the molecule is CCCCC/C=C\C/C=C\C/C=C\C/C=C\C/C=C\CCC(=O)OC[C@H](COC(=O)CCCCCCCCCCCCC)OC(=O)CCCCCCC/C=C\CCCCCC. The van der Waals surface area contributed by atoms with E-state index in [1.165, 1.54) is 116 Å². The van der Waals surface area contributed by atoms with E-state index in [1.54, 1.807) is 0 Å². The van der Waals surface area contributed by atoms with Gasteiger partial charge in [0.15, 0.2) is 6.10 Å². The minimum atomic E-state index is -0.806. The van der Waals surface area contributed by atoms with Crippen molar-refractivity contribution in [2.45, 2.75) is 245 Å². The maximum absolute atomic E-state index is 12.8. The second kappa shape index (κ2) is 49.5. The number of hydrogen-bond acceptors (Lipinski definition) is 6. The Balaban J connectivity index is 4.48. The van der Waals surface area contributed by atoms with Gasteiger partial charge in [-0.1, -0.05) is 209 Å². The molecule has 0 bridgehead atoms. The summed E-state index contributed by atoms with van der Waals surface area (Å²) in [6.45, 7) is 6.51. The number of allylic oxidation sites excluding steroid dienone is 12. The molecule has 6 nitrogen and oxygen atoms in total. The van der Waals surface area contributed by atoms with Gasteiger partial charge in [0.25, 0.3) is 0 Å². The van der Waals surface area contributed by atoms with Crippen LogP contribution in [0.2, 0.25) is 0 Å². The summed E-state index contributed by atoms with van der Waals surface area (Å²) in [4.78, 5) is 37.8. The zero-order valence-corrected chi connectivity index (χ0v) is 39.9. The van der Waals surface area contributed by atoms with Crippen LogP contribution in [0.3, 0.4) is 0 Å². The Labute approximate surface area is 376 Å². The van der Waals surface area contributed by atoms with Gasteiger partial charge in [-0.05, 0) is 83.5 Å². The largest absolute Gasteiger partial charge is 0.462 e. The van der Waals surface area contributed by atoms with E-state index in [2.05, 4.69) is 87.6 Å². The van der Waals surface area contributed by atoms with Crippen molar-refractivity contribution in [1.29, 1.82) is 0 Å². The van der Waals surface area contributed by atoms with Crippen LogP contribution in [-0.2, 0) is 28.6 Å². The predicted molar refractivity (Wildman–Crippen MR) is 261 cm³/mol. The fourth-order valence-electron chi connectivity index (χ4n) is 6.83. The monoisotopic (exact) mass is 851 g/mol. The first-order valence-electron chi connectivity index (χ1n) is 25.4. The van der Waals surface area contributed by atoms with Crippen LogP contribution < -0.4 is 0 Å². The standard InChI is InChI=1S/C55H94O6/c1-4-7-10-13-16-19-22-24-25-26-27-28-29-31-33-36-39-42-45-48-54(57)60-51-52(50-59-53(56)47-44-41-38-35-32-21-18-15-12-9-6-3)61-55(58)49-46-43-40-37-34-30-23-20-17-14-11-8-5-2/h16,19-20,23-25,27-28,31,33,39,42,52H,4-15,17-18,21-22,26,29-30,32,34-38,40-41,43-51H2,1-3H3/b19-16-,23-20-,25-24-,28-27-,33-31-,42-39-/t52-/m0/s1. The molecule has 1 atom stereocenters. The molecule has 0 heterocycles. The van der Waals surface area contributed by atoms with E-state index in [0.29, 0.717) is 19.3 Å². The number of unbranched alkanes of at least 4 members (excludes halogenated alkanes) is 22. The molecule has 350 valence electrons. The quantitative estimate of drug-likeness (QED) is 0.0263. The minimum Gasteiger partial charge on any atom is -0.462 e. The van der Waals surface area contributed by atoms with Crippen molar-refractivity contribution < 1.29 is 28.6 Å². The lowest BCUT2D eigenvalue weighted by Gasteiger charge is -2.18. The summed E-state index contributed by atoms with van der Waals surface area (Å²) in [6, 6.07) is 0. The summed E-state index contributed by atoms with van der Waals surface area (Å²) in [5.74, 6) is -0.996. The summed E-state index contributed by atoms with van der Waals surface area (Å²) >= 11 is 0. The lowest BCUT2D eigenvalue weighted by molar-refractivity contribution is -0.166. The van der Waals surface area contributed by atoms with Crippen LogP contribution in [0.5, 0.6) is 0 Å². The normalized spacial score (nSPS) is 12.6. The van der Waals surface area contributed by atoms with Gasteiger partial charge in [0, 0.05) is 19.3 Å². The van der Waals surface area contributed by atoms with Crippen molar-refractivity contribution in [2.75, 3.05) is 13.2 Å². The molecule has 0 amide bonds. The molecule has 0 aliphatic carbocycles. The summed E-state index contributed by atoms with van der Waals surface area (Å²) in [5, 5.41) is 0. The van der Waals surface area contributed by atoms with Gasteiger partial charge in [-0.25, -0.2) is 0 Å². The molecule has 0 aromatic heterocycles.